The van der Waals surface area contributed by atoms with Crippen LogP contribution in [0.2, 0.25) is 0 Å². The third-order valence-corrected chi connectivity index (χ3v) is 3.22. The number of carboxylic acid groups (broad SMARTS) is 1. The fourth-order valence-corrected chi connectivity index (χ4v) is 2.17. The van der Waals surface area contributed by atoms with Crippen molar-refractivity contribution in [2.24, 2.45) is 0 Å². The fourth-order valence-electron chi connectivity index (χ4n) is 2.17. The molecule has 0 aromatic heterocycles. The van der Waals surface area contributed by atoms with Crippen LogP contribution in [0.15, 0.2) is 30.3 Å². The van der Waals surface area contributed by atoms with E-state index in [2.05, 4.69) is 0 Å². The van der Waals surface area contributed by atoms with Gasteiger partial charge in [-0.25, -0.2) is 4.79 Å². The Hall–Kier alpha value is -3.02. The number of phenols is 1. The lowest BCUT2D eigenvalue weighted by atomic mass is 9.97. The van der Waals surface area contributed by atoms with Gasteiger partial charge in [0.25, 0.3) is 0 Å². The molecule has 0 fully saturated rings. The molecule has 0 atom stereocenters. The van der Waals surface area contributed by atoms with E-state index in [0.29, 0.717) is 17.4 Å². The Morgan fingerprint density at radius 3 is 2.23 bits per heavy atom. The molecule has 2 aromatic rings. The second kappa shape index (κ2) is 6.17. The van der Waals surface area contributed by atoms with E-state index < -0.39 is 5.97 Å². The lowest BCUT2D eigenvalue weighted by Gasteiger charge is -2.15. The number of benzene rings is 2. The summed E-state index contributed by atoms with van der Waals surface area (Å²) in [6.07, 6.45) is 0.616. The zero-order chi connectivity index (χ0) is 16.3. The molecule has 6 heteroatoms. The first kappa shape index (κ1) is 15.4. The zero-order valence-corrected chi connectivity index (χ0v) is 12.0. The van der Waals surface area contributed by atoms with Crippen LogP contribution in [0.3, 0.4) is 0 Å². The fraction of sp³-hybridized carbons (Fsp3) is 0.125. The summed E-state index contributed by atoms with van der Waals surface area (Å²) < 4.78 is 10.2. The van der Waals surface area contributed by atoms with E-state index in [1.807, 2.05) is 0 Å². The van der Waals surface area contributed by atoms with E-state index in [9.17, 15) is 14.7 Å². The molecule has 0 saturated carbocycles. The van der Waals surface area contributed by atoms with Gasteiger partial charge in [0.2, 0.25) is 5.75 Å². The van der Waals surface area contributed by atoms with Crippen LogP contribution >= 0.6 is 0 Å². The number of hydrogen-bond donors (Lipinski definition) is 2. The van der Waals surface area contributed by atoms with Gasteiger partial charge < -0.3 is 19.7 Å². The van der Waals surface area contributed by atoms with Crippen LogP contribution in [-0.4, -0.2) is 36.7 Å². The van der Waals surface area contributed by atoms with Gasteiger partial charge in [0.1, 0.15) is 0 Å². The van der Waals surface area contributed by atoms with Gasteiger partial charge in [-0.3, -0.25) is 4.79 Å². The number of carbonyl (C=O) groups is 2. The van der Waals surface area contributed by atoms with Crippen molar-refractivity contribution in [1.82, 2.24) is 0 Å². The summed E-state index contributed by atoms with van der Waals surface area (Å²) in [4.78, 5) is 22.2. The van der Waals surface area contributed by atoms with Gasteiger partial charge in [-0.05, 0) is 23.8 Å². The molecular formula is C16H14O6. The molecule has 0 unspecified atom stereocenters. The molecule has 0 amide bonds. The largest absolute Gasteiger partial charge is 0.502 e. The van der Waals surface area contributed by atoms with Crippen molar-refractivity contribution in [3.05, 3.63) is 41.5 Å². The molecule has 0 aliphatic rings. The number of methoxy groups -OCH3 is 2. The molecule has 6 nitrogen and oxygen atoms in total. The predicted octanol–water partition coefficient (Wildman–Crippen LogP) is 2.59. The van der Waals surface area contributed by atoms with Gasteiger partial charge in [-0.1, -0.05) is 12.1 Å². The number of carbonyl (C=O) groups excluding carboxylic acids is 1. The number of carboxylic acids is 1. The van der Waals surface area contributed by atoms with Crippen molar-refractivity contribution in [1.29, 1.82) is 0 Å². The third kappa shape index (κ3) is 2.58. The summed E-state index contributed by atoms with van der Waals surface area (Å²) >= 11 is 0. The maximum absolute atomic E-state index is 11.3. The standard InChI is InChI=1S/C16H14O6/c1-21-12-7-11(8-17)13(15(22-2)14(12)18)9-3-5-10(6-4-9)16(19)20/h3-8,18H,1-2H3,(H,19,20). The maximum atomic E-state index is 11.3. The summed E-state index contributed by atoms with van der Waals surface area (Å²) in [5, 5.41) is 19.1. The third-order valence-electron chi connectivity index (χ3n) is 3.22. The van der Waals surface area contributed by atoms with E-state index >= 15 is 0 Å². The van der Waals surface area contributed by atoms with Gasteiger partial charge in [-0.2, -0.15) is 0 Å². The molecule has 0 bridgehead atoms. The number of aldehydes is 1. The van der Waals surface area contributed by atoms with Crippen molar-refractivity contribution in [2.75, 3.05) is 14.2 Å². The summed E-state index contributed by atoms with van der Waals surface area (Å²) in [5.41, 5.74) is 1.29. The number of phenolic OH excluding ortho intramolecular Hbond substituents is 1. The summed E-state index contributed by atoms with van der Waals surface area (Å²) in [7, 11) is 2.72. The first-order valence-electron chi connectivity index (χ1n) is 6.30. The molecule has 22 heavy (non-hydrogen) atoms. The molecule has 2 aromatic carbocycles. The van der Waals surface area contributed by atoms with Gasteiger partial charge in [0.05, 0.1) is 19.8 Å². The van der Waals surface area contributed by atoms with E-state index in [1.165, 1.54) is 32.4 Å². The van der Waals surface area contributed by atoms with Gasteiger partial charge in [0.15, 0.2) is 17.8 Å². The van der Waals surface area contributed by atoms with Crippen LogP contribution in [0, 0.1) is 0 Å². The second-order valence-corrected chi connectivity index (χ2v) is 4.43. The van der Waals surface area contributed by atoms with E-state index in [1.54, 1.807) is 12.1 Å². The number of rotatable bonds is 5. The molecule has 0 saturated heterocycles. The molecule has 114 valence electrons. The van der Waals surface area contributed by atoms with E-state index in [4.69, 9.17) is 14.6 Å². The first-order valence-corrected chi connectivity index (χ1v) is 6.30. The Morgan fingerprint density at radius 2 is 1.77 bits per heavy atom. The zero-order valence-electron chi connectivity index (χ0n) is 12.0. The predicted molar refractivity (Wildman–Crippen MR) is 79.0 cm³/mol. The van der Waals surface area contributed by atoms with Crippen LogP contribution in [0.5, 0.6) is 17.2 Å². The maximum Gasteiger partial charge on any atom is 0.335 e. The highest BCUT2D eigenvalue weighted by atomic mass is 16.5. The van der Waals surface area contributed by atoms with Gasteiger partial charge in [0, 0.05) is 11.1 Å². The Balaban J connectivity index is 2.70. The lowest BCUT2D eigenvalue weighted by molar-refractivity contribution is 0.0696. The first-order chi connectivity index (χ1) is 10.5. The Kier molecular flexibility index (Phi) is 4.31. The molecule has 0 heterocycles. The Bertz CT molecular complexity index is 718. The quantitative estimate of drug-likeness (QED) is 0.825. The highest BCUT2D eigenvalue weighted by Gasteiger charge is 2.20. The van der Waals surface area contributed by atoms with E-state index in [-0.39, 0.29) is 28.4 Å². The van der Waals surface area contributed by atoms with Crippen molar-refractivity contribution < 1.29 is 29.3 Å². The van der Waals surface area contributed by atoms with Crippen LogP contribution in [0.1, 0.15) is 20.7 Å². The van der Waals surface area contributed by atoms with Crippen LogP contribution in [0.4, 0.5) is 0 Å². The molecule has 0 radical (unpaired) electrons. The highest BCUT2D eigenvalue weighted by Crippen LogP contribution is 2.45. The van der Waals surface area contributed by atoms with Crippen LogP contribution < -0.4 is 9.47 Å². The monoisotopic (exact) mass is 302 g/mol. The average molecular weight is 302 g/mol. The second-order valence-electron chi connectivity index (χ2n) is 4.43. The summed E-state index contributed by atoms with van der Waals surface area (Å²) in [5.74, 6) is -1.08. The smallest absolute Gasteiger partial charge is 0.335 e. The summed E-state index contributed by atoms with van der Waals surface area (Å²) in [6, 6.07) is 7.30. The minimum Gasteiger partial charge on any atom is -0.502 e. The van der Waals surface area contributed by atoms with E-state index in [0.717, 1.165) is 0 Å². The van der Waals surface area contributed by atoms with Gasteiger partial charge in [-0.15, -0.1) is 0 Å². The number of aromatic hydroxyl groups is 1. The van der Waals surface area contributed by atoms with Crippen LogP contribution in [0.25, 0.3) is 11.1 Å². The lowest BCUT2D eigenvalue weighted by Crippen LogP contribution is -1.99. The van der Waals surface area contributed by atoms with Gasteiger partial charge >= 0.3 is 5.97 Å². The Morgan fingerprint density at radius 1 is 1.14 bits per heavy atom. The SMILES string of the molecule is COc1cc(C=O)c(-c2ccc(C(=O)O)cc2)c(OC)c1O. The van der Waals surface area contributed by atoms with Crippen molar-refractivity contribution in [3.8, 4) is 28.4 Å². The van der Waals surface area contributed by atoms with Crippen molar-refractivity contribution in [2.45, 2.75) is 0 Å². The number of aromatic carboxylic acids is 1. The molecule has 0 aliphatic carbocycles. The van der Waals surface area contributed by atoms with Crippen LogP contribution in [-0.2, 0) is 0 Å². The minimum absolute atomic E-state index is 0.0875. The molecule has 0 aliphatic heterocycles. The summed E-state index contributed by atoms with van der Waals surface area (Å²) in [6.45, 7) is 0. The number of ether oxygens (including phenoxy) is 2. The molecule has 0 spiro atoms. The molecule has 2 N–H and O–H groups in total. The van der Waals surface area contributed by atoms with Crippen molar-refractivity contribution in [3.63, 3.8) is 0 Å². The Labute approximate surface area is 126 Å². The minimum atomic E-state index is -1.05. The average Bonchev–Trinajstić information content (AvgIpc) is 2.54. The van der Waals surface area contributed by atoms with Crippen molar-refractivity contribution >= 4 is 12.3 Å². The number of hydrogen-bond acceptors (Lipinski definition) is 5. The molecular weight excluding hydrogens is 288 g/mol. The topological polar surface area (TPSA) is 93.1 Å². The highest BCUT2D eigenvalue weighted by molar-refractivity contribution is 5.94. The normalized spacial score (nSPS) is 10.1. The molecule has 2 rings (SSSR count).